The number of carbonyl (C=O) groups is 1. The molecule has 1 amide bonds. The second kappa shape index (κ2) is 5.78. The highest BCUT2D eigenvalue weighted by molar-refractivity contribution is 7.91. The van der Waals surface area contributed by atoms with Gasteiger partial charge in [0, 0.05) is 6.54 Å². The zero-order valence-corrected chi connectivity index (χ0v) is 13.4. The van der Waals surface area contributed by atoms with Gasteiger partial charge >= 0.3 is 0 Å². The molecule has 1 fully saturated rings. The van der Waals surface area contributed by atoms with Gasteiger partial charge in [0.15, 0.2) is 0 Å². The topological polar surface area (TPSA) is 108 Å². The van der Waals surface area contributed by atoms with Gasteiger partial charge in [-0.15, -0.1) is 16.4 Å². The van der Waals surface area contributed by atoms with Crippen molar-refractivity contribution in [2.45, 2.75) is 30.0 Å². The van der Waals surface area contributed by atoms with E-state index < -0.39 is 22.0 Å². The van der Waals surface area contributed by atoms with Crippen molar-refractivity contribution in [1.29, 1.82) is 0 Å². The van der Waals surface area contributed by atoms with Gasteiger partial charge in [-0.2, -0.15) is 9.29 Å². The number of aryl methyl sites for hydroxylation is 1. The smallest absolute Gasteiger partial charge is 0.253 e. The summed E-state index contributed by atoms with van der Waals surface area (Å²) in [6.45, 7) is 2.05. The Kier molecular flexibility index (Phi) is 3.98. The van der Waals surface area contributed by atoms with Crippen LogP contribution in [0.4, 0.5) is 5.95 Å². The molecule has 0 bridgehead atoms. The van der Waals surface area contributed by atoms with Crippen LogP contribution in [-0.2, 0) is 14.8 Å². The van der Waals surface area contributed by atoms with Gasteiger partial charge in [-0.1, -0.05) is 6.07 Å². The molecule has 1 aliphatic heterocycles. The van der Waals surface area contributed by atoms with E-state index in [-0.39, 0.29) is 10.2 Å². The van der Waals surface area contributed by atoms with E-state index in [2.05, 4.69) is 20.5 Å². The van der Waals surface area contributed by atoms with E-state index in [1.165, 1.54) is 4.31 Å². The molecule has 0 unspecified atom stereocenters. The Labute approximate surface area is 131 Å². The molecule has 22 heavy (non-hydrogen) atoms. The third-order valence-electron chi connectivity index (χ3n) is 3.40. The number of amides is 1. The molecule has 0 aromatic carbocycles. The van der Waals surface area contributed by atoms with E-state index >= 15 is 0 Å². The van der Waals surface area contributed by atoms with E-state index in [0.717, 1.165) is 11.3 Å². The summed E-state index contributed by atoms with van der Waals surface area (Å²) in [4.78, 5) is 16.3. The summed E-state index contributed by atoms with van der Waals surface area (Å²) in [5, 5.41) is 10.7. The average Bonchev–Trinajstić information content (AvgIpc) is 3.20. The van der Waals surface area contributed by atoms with Crippen LogP contribution in [-0.4, -0.2) is 46.4 Å². The molecule has 1 aliphatic rings. The van der Waals surface area contributed by atoms with Crippen LogP contribution in [0, 0.1) is 6.92 Å². The lowest BCUT2D eigenvalue weighted by molar-refractivity contribution is -0.119. The maximum atomic E-state index is 12.6. The van der Waals surface area contributed by atoms with Gasteiger partial charge < -0.3 is 0 Å². The van der Waals surface area contributed by atoms with E-state index in [4.69, 9.17) is 0 Å². The molecule has 0 aliphatic carbocycles. The predicted molar refractivity (Wildman–Crippen MR) is 81.0 cm³/mol. The van der Waals surface area contributed by atoms with Crippen LogP contribution in [0.5, 0.6) is 0 Å². The second-order valence-corrected chi connectivity index (χ2v) is 8.00. The predicted octanol–water partition coefficient (Wildman–Crippen LogP) is 0.966. The summed E-state index contributed by atoms with van der Waals surface area (Å²) in [5.41, 5.74) is 0. The monoisotopic (exact) mass is 341 g/mol. The first kappa shape index (κ1) is 15.1. The number of carbonyl (C=O) groups excluding carboxylic acids is 1. The van der Waals surface area contributed by atoms with Crippen molar-refractivity contribution >= 4 is 33.2 Å². The highest BCUT2D eigenvalue weighted by Gasteiger charge is 2.40. The normalized spacial score (nSPS) is 19.4. The number of aromatic amines is 1. The Morgan fingerprint density at radius 1 is 1.55 bits per heavy atom. The van der Waals surface area contributed by atoms with Crippen molar-refractivity contribution in [3.8, 4) is 0 Å². The number of hydrogen-bond acceptors (Lipinski definition) is 6. The fourth-order valence-electron chi connectivity index (χ4n) is 2.41. The molecule has 2 aromatic heterocycles. The number of rotatable bonds is 4. The van der Waals surface area contributed by atoms with Gasteiger partial charge in [0.2, 0.25) is 11.9 Å². The van der Waals surface area contributed by atoms with Gasteiger partial charge in [-0.3, -0.25) is 15.2 Å². The van der Waals surface area contributed by atoms with Gasteiger partial charge in [0.05, 0.1) is 0 Å². The third kappa shape index (κ3) is 2.76. The summed E-state index contributed by atoms with van der Waals surface area (Å²) in [6, 6.07) is 2.50. The first-order valence-corrected chi connectivity index (χ1v) is 9.05. The highest BCUT2D eigenvalue weighted by atomic mass is 32.2. The van der Waals surface area contributed by atoms with Crippen LogP contribution in [0.25, 0.3) is 0 Å². The second-order valence-electron chi connectivity index (χ2n) is 4.94. The molecule has 2 aromatic rings. The van der Waals surface area contributed by atoms with Crippen LogP contribution in [0.15, 0.2) is 21.7 Å². The quantitative estimate of drug-likeness (QED) is 0.861. The maximum absolute atomic E-state index is 12.6. The Hall–Kier alpha value is -1.78. The molecule has 0 spiro atoms. The summed E-state index contributed by atoms with van der Waals surface area (Å²) in [5.74, 6) is 0.323. The fourth-order valence-corrected chi connectivity index (χ4v) is 5.18. The van der Waals surface area contributed by atoms with Crippen molar-refractivity contribution in [2.24, 2.45) is 0 Å². The number of sulfonamides is 1. The molecule has 10 heteroatoms. The highest BCUT2D eigenvalue weighted by Crippen LogP contribution is 2.28. The maximum Gasteiger partial charge on any atom is 0.253 e. The Bertz CT molecular complexity index is 769. The van der Waals surface area contributed by atoms with Crippen molar-refractivity contribution in [3.05, 3.63) is 23.3 Å². The van der Waals surface area contributed by atoms with Crippen LogP contribution in [0.1, 0.15) is 18.7 Å². The molecule has 0 saturated carbocycles. The summed E-state index contributed by atoms with van der Waals surface area (Å²) in [6.07, 6.45) is 1.13. The average molecular weight is 341 g/mol. The SMILES string of the molecule is Cc1nc(NC(=O)[C@H]2CCCN2S(=O)(=O)c2cccs2)n[nH]1. The van der Waals surface area contributed by atoms with Gasteiger partial charge in [-0.05, 0) is 31.2 Å². The number of nitrogens with one attached hydrogen (secondary N) is 2. The minimum atomic E-state index is -3.63. The van der Waals surface area contributed by atoms with Crippen LogP contribution in [0.2, 0.25) is 0 Å². The summed E-state index contributed by atoms with van der Waals surface area (Å²) in [7, 11) is -3.63. The molecule has 2 N–H and O–H groups in total. The molecular weight excluding hydrogens is 326 g/mol. The lowest BCUT2D eigenvalue weighted by Gasteiger charge is -2.21. The number of hydrogen-bond donors (Lipinski definition) is 2. The number of aromatic nitrogens is 3. The van der Waals surface area contributed by atoms with Crippen LogP contribution in [0.3, 0.4) is 0 Å². The molecule has 8 nitrogen and oxygen atoms in total. The fraction of sp³-hybridized carbons (Fsp3) is 0.417. The Morgan fingerprint density at radius 2 is 2.36 bits per heavy atom. The lowest BCUT2D eigenvalue weighted by Crippen LogP contribution is -2.43. The van der Waals surface area contributed by atoms with Gasteiger partial charge in [0.25, 0.3) is 10.0 Å². The number of thiophene rings is 1. The number of nitrogens with zero attached hydrogens (tertiary/aromatic N) is 3. The van der Waals surface area contributed by atoms with Crippen molar-refractivity contribution in [3.63, 3.8) is 0 Å². The van der Waals surface area contributed by atoms with E-state index in [1.54, 1.807) is 24.4 Å². The zero-order valence-electron chi connectivity index (χ0n) is 11.8. The van der Waals surface area contributed by atoms with Crippen molar-refractivity contribution in [1.82, 2.24) is 19.5 Å². The molecular formula is C12H15N5O3S2. The van der Waals surface area contributed by atoms with Gasteiger partial charge in [0.1, 0.15) is 16.1 Å². The standard InChI is InChI=1S/C12H15N5O3S2/c1-8-13-12(16-15-8)14-11(18)9-4-2-6-17(9)22(19,20)10-5-3-7-21-10/h3,5,7,9H,2,4,6H2,1H3,(H2,13,14,15,16,18)/t9-/m1/s1. The molecule has 1 atom stereocenters. The molecule has 1 saturated heterocycles. The zero-order chi connectivity index (χ0) is 15.7. The Balaban J connectivity index is 1.80. The van der Waals surface area contributed by atoms with Gasteiger partial charge in [-0.25, -0.2) is 8.42 Å². The minimum absolute atomic E-state index is 0.155. The first-order valence-electron chi connectivity index (χ1n) is 6.74. The van der Waals surface area contributed by atoms with Crippen LogP contribution >= 0.6 is 11.3 Å². The minimum Gasteiger partial charge on any atom is -0.292 e. The number of anilines is 1. The van der Waals surface area contributed by atoms with Crippen molar-refractivity contribution < 1.29 is 13.2 Å². The first-order chi connectivity index (χ1) is 10.5. The largest absolute Gasteiger partial charge is 0.292 e. The summed E-state index contributed by atoms with van der Waals surface area (Å²) < 4.78 is 26.7. The lowest BCUT2D eigenvalue weighted by atomic mass is 10.2. The van der Waals surface area contributed by atoms with E-state index in [1.807, 2.05) is 0 Å². The molecule has 3 heterocycles. The van der Waals surface area contributed by atoms with E-state index in [0.29, 0.717) is 25.2 Å². The van der Waals surface area contributed by atoms with Crippen LogP contribution < -0.4 is 5.32 Å². The van der Waals surface area contributed by atoms with E-state index in [9.17, 15) is 13.2 Å². The molecule has 0 radical (unpaired) electrons. The third-order valence-corrected chi connectivity index (χ3v) is 6.68. The molecule has 118 valence electrons. The number of H-pyrrole nitrogens is 1. The molecule has 3 rings (SSSR count). The summed E-state index contributed by atoms with van der Waals surface area (Å²) >= 11 is 1.15. The Morgan fingerprint density at radius 3 is 3.00 bits per heavy atom. The van der Waals surface area contributed by atoms with Crippen molar-refractivity contribution in [2.75, 3.05) is 11.9 Å².